The number of imidazole rings is 1. The number of carbonyl (C=O) groups excluding carboxylic acids is 1. The number of nitrogens with zero attached hydrogens (tertiary/aromatic N) is 3. The number of rotatable bonds is 7. The molecule has 1 amide bonds. The second kappa shape index (κ2) is 8.97. The van der Waals surface area contributed by atoms with Crippen molar-refractivity contribution in [1.82, 2.24) is 20.2 Å². The molecule has 3 rings (SSSR count). The number of nitrogens with one attached hydrogen (secondary N) is 3. The fourth-order valence-electron chi connectivity index (χ4n) is 3.11. The van der Waals surface area contributed by atoms with Crippen molar-refractivity contribution in [3.63, 3.8) is 0 Å². The van der Waals surface area contributed by atoms with Crippen molar-refractivity contribution in [2.45, 2.75) is 19.4 Å². The zero-order valence-corrected chi connectivity index (χ0v) is 16.3. The molecule has 0 saturated carbocycles. The molecular formula is C20H26N6O2. The van der Waals surface area contributed by atoms with Gasteiger partial charge in [0.15, 0.2) is 11.5 Å². The van der Waals surface area contributed by atoms with Gasteiger partial charge in [-0.2, -0.15) is 5.26 Å². The van der Waals surface area contributed by atoms with Crippen LogP contribution in [-0.2, 0) is 10.3 Å². The van der Waals surface area contributed by atoms with E-state index in [1.165, 1.54) is 6.20 Å². The van der Waals surface area contributed by atoms with Crippen molar-refractivity contribution < 1.29 is 9.53 Å². The van der Waals surface area contributed by atoms with Crippen LogP contribution in [0.3, 0.4) is 0 Å². The highest BCUT2D eigenvalue weighted by Crippen LogP contribution is 2.22. The van der Waals surface area contributed by atoms with Gasteiger partial charge in [-0.15, -0.1) is 0 Å². The maximum absolute atomic E-state index is 12.2. The molecule has 2 aromatic rings. The number of amides is 1. The summed E-state index contributed by atoms with van der Waals surface area (Å²) in [6.07, 6.45) is 1.41. The van der Waals surface area contributed by atoms with Crippen LogP contribution in [0.4, 0.5) is 5.69 Å². The van der Waals surface area contributed by atoms with Crippen LogP contribution < -0.4 is 10.6 Å². The van der Waals surface area contributed by atoms with Gasteiger partial charge in [0.25, 0.3) is 5.91 Å². The Morgan fingerprint density at radius 2 is 2.04 bits per heavy atom. The summed E-state index contributed by atoms with van der Waals surface area (Å²) >= 11 is 0. The van der Waals surface area contributed by atoms with Gasteiger partial charge in [-0.05, 0) is 31.5 Å². The van der Waals surface area contributed by atoms with Crippen LogP contribution in [0.5, 0.6) is 0 Å². The molecule has 0 aliphatic carbocycles. The normalized spacial score (nSPS) is 15.2. The van der Waals surface area contributed by atoms with E-state index < -0.39 is 0 Å². The number of benzene rings is 1. The van der Waals surface area contributed by atoms with Crippen molar-refractivity contribution in [3.8, 4) is 6.07 Å². The summed E-state index contributed by atoms with van der Waals surface area (Å²) in [6, 6.07) is 9.63. The van der Waals surface area contributed by atoms with Crippen LogP contribution in [0.15, 0.2) is 30.5 Å². The summed E-state index contributed by atoms with van der Waals surface area (Å²) in [6.45, 7) is 9.78. The Morgan fingerprint density at radius 1 is 1.32 bits per heavy atom. The fraction of sp³-hybridized carbons (Fsp3) is 0.450. The lowest BCUT2D eigenvalue weighted by Crippen LogP contribution is -2.44. The Morgan fingerprint density at radius 3 is 2.68 bits per heavy atom. The number of ether oxygens (including phenoxy) is 1. The minimum absolute atomic E-state index is 0.116. The summed E-state index contributed by atoms with van der Waals surface area (Å²) < 4.78 is 5.38. The highest BCUT2D eigenvalue weighted by molar-refractivity contribution is 6.01. The Labute approximate surface area is 164 Å². The van der Waals surface area contributed by atoms with Gasteiger partial charge < -0.3 is 20.4 Å². The molecule has 0 atom stereocenters. The number of H-pyrrole nitrogens is 1. The van der Waals surface area contributed by atoms with Gasteiger partial charge >= 0.3 is 0 Å². The summed E-state index contributed by atoms with van der Waals surface area (Å²) in [5, 5.41) is 15.2. The minimum atomic E-state index is -0.378. The first kappa shape index (κ1) is 20.0. The second-order valence-electron chi connectivity index (χ2n) is 7.28. The third kappa shape index (κ3) is 5.16. The van der Waals surface area contributed by atoms with Crippen LogP contribution in [0.1, 0.15) is 35.7 Å². The van der Waals surface area contributed by atoms with Gasteiger partial charge in [-0.3, -0.25) is 9.69 Å². The van der Waals surface area contributed by atoms with Gasteiger partial charge in [0, 0.05) is 43.6 Å². The zero-order chi connectivity index (χ0) is 20.0. The monoisotopic (exact) mass is 382 g/mol. The molecule has 0 bridgehead atoms. The minimum Gasteiger partial charge on any atom is -0.379 e. The van der Waals surface area contributed by atoms with E-state index in [0.717, 1.165) is 45.0 Å². The lowest BCUT2D eigenvalue weighted by Gasteiger charge is -2.31. The van der Waals surface area contributed by atoms with Gasteiger partial charge in [0.05, 0.1) is 13.2 Å². The first-order valence-corrected chi connectivity index (χ1v) is 9.40. The molecule has 28 heavy (non-hydrogen) atoms. The summed E-state index contributed by atoms with van der Waals surface area (Å²) in [7, 11) is 0. The number of carbonyl (C=O) groups is 1. The van der Waals surface area contributed by atoms with E-state index in [0.29, 0.717) is 5.69 Å². The Hall–Kier alpha value is -2.73. The third-order valence-corrected chi connectivity index (χ3v) is 4.87. The molecule has 2 heterocycles. The Bertz CT molecular complexity index is 831. The van der Waals surface area contributed by atoms with Gasteiger partial charge in [-0.25, -0.2) is 4.98 Å². The second-order valence-corrected chi connectivity index (χ2v) is 7.28. The molecule has 1 saturated heterocycles. The van der Waals surface area contributed by atoms with Crippen LogP contribution in [0.2, 0.25) is 0 Å². The quantitative estimate of drug-likeness (QED) is 0.673. The lowest BCUT2D eigenvalue weighted by atomic mass is 9.94. The number of morpholine rings is 1. The smallest absolute Gasteiger partial charge is 0.291 e. The standard InChI is InChI=1S/C20H26N6O2/c1-20(2,23-7-8-26-9-11-28-12-10-26)15-3-5-16(6-4-15)25-19(27)18-22-14-17(13-21)24-18/h3-6,14,23H,7-12H2,1-2H3,(H,22,24)(H,25,27). The van der Waals surface area contributed by atoms with E-state index in [2.05, 4.69) is 39.3 Å². The first-order chi connectivity index (χ1) is 13.5. The molecule has 148 valence electrons. The average molecular weight is 382 g/mol. The molecule has 1 aliphatic heterocycles. The van der Waals surface area contributed by atoms with Crippen LogP contribution in [0, 0.1) is 11.3 Å². The molecule has 0 unspecified atom stereocenters. The molecule has 1 aliphatic rings. The molecule has 3 N–H and O–H groups in total. The molecule has 1 aromatic heterocycles. The van der Waals surface area contributed by atoms with Crippen molar-refractivity contribution in [2.75, 3.05) is 44.7 Å². The average Bonchev–Trinajstić information content (AvgIpc) is 3.19. The number of hydrogen-bond donors (Lipinski definition) is 3. The van der Waals surface area contributed by atoms with Crippen molar-refractivity contribution in [3.05, 3.63) is 47.5 Å². The maximum Gasteiger partial charge on any atom is 0.291 e. The zero-order valence-electron chi connectivity index (χ0n) is 16.3. The van der Waals surface area contributed by atoms with E-state index in [4.69, 9.17) is 10.00 Å². The lowest BCUT2D eigenvalue weighted by molar-refractivity contribution is 0.0376. The van der Waals surface area contributed by atoms with Gasteiger partial charge in [-0.1, -0.05) is 12.1 Å². The molecule has 8 nitrogen and oxygen atoms in total. The van der Waals surface area contributed by atoms with Crippen molar-refractivity contribution >= 4 is 11.6 Å². The molecule has 8 heteroatoms. The van der Waals surface area contributed by atoms with E-state index in [1.54, 1.807) is 0 Å². The number of aromatic nitrogens is 2. The fourth-order valence-corrected chi connectivity index (χ4v) is 3.11. The van der Waals surface area contributed by atoms with E-state index in [9.17, 15) is 4.79 Å². The Balaban J connectivity index is 1.53. The van der Waals surface area contributed by atoms with Crippen LogP contribution in [-0.4, -0.2) is 60.2 Å². The molecular weight excluding hydrogens is 356 g/mol. The van der Waals surface area contributed by atoms with E-state index in [1.807, 2.05) is 30.3 Å². The van der Waals surface area contributed by atoms with E-state index >= 15 is 0 Å². The Kier molecular flexibility index (Phi) is 6.41. The van der Waals surface area contributed by atoms with Crippen molar-refractivity contribution in [1.29, 1.82) is 5.26 Å². The number of anilines is 1. The predicted molar refractivity (Wildman–Crippen MR) is 106 cm³/mol. The van der Waals surface area contributed by atoms with Crippen LogP contribution >= 0.6 is 0 Å². The SMILES string of the molecule is CC(C)(NCCN1CCOCC1)c1ccc(NC(=O)c2nc(C#N)c[nH]2)cc1. The number of aromatic amines is 1. The molecule has 1 aromatic carbocycles. The molecule has 0 spiro atoms. The summed E-state index contributed by atoms with van der Waals surface area (Å²) in [5.41, 5.74) is 1.81. The summed E-state index contributed by atoms with van der Waals surface area (Å²) in [5.74, 6) is -0.261. The number of hydrogen-bond acceptors (Lipinski definition) is 6. The van der Waals surface area contributed by atoms with Crippen molar-refractivity contribution in [2.24, 2.45) is 0 Å². The van der Waals surface area contributed by atoms with Crippen LogP contribution in [0.25, 0.3) is 0 Å². The number of nitriles is 1. The van der Waals surface area contributed by atoms with E-state index in [-0.39, 0.29) is 23.0 Å². The first-order valence-electron chi connectivity index (χ1n) is 9.40. The maximum atomic E-state index is 12.2. The molecule has 1 fully saturated rings. The third-order valence-electron chi connectivity index (χ3n) is 4.87. The van der Waals surface area contributed by atoms with Gasteiger partial charge in [0.2, 0.25) is 0 Å². The molecule has 0 radical (unpaired) electrons. The predicted octanol–water partition coefficient (Wildman–Crippen LogP) is 1.69. The topological polar surface area (TPSA) is 106 Å². The highest BCUT2D eigenvalue weighted by atomic mass is 16.5. The largest absolute Gasteiger partial charge is 0.379 e. The summed E-state index contributed by atoms with van der Waals surface area (Å²) in [4.78, 5) is 21.2. The highest BCUT2D eigenvalue weighted by Gasteiger charge is 2.20. The van der Waals surface area contributed by atoms with Gasteiger partial charge in [0.1, 0.15) is 6.07 Å².